The van der Waals surface area contributed by atoms with E-state index in [1.165, 1.54) is 11.8 Å². The summed E-state index contributed by atoms with van der Waals surface area (Å²) in [6.45, 7) is 6.11. The number of allylic oxidation sites excluding steroid dienone is 1. The summed E-state index contributed by atoms with van der Waals surface area (Å²) in [5.41, 5.74) is 2.21. The fourth-order valence-electron chi connectivity index (χ4n) is 2.62. The number of halogens is 3. The van der Waals surface area contributed by atoms with Gasteiger partial charge in [-0.15, -0.1) is 16.8 Å². The second-order valence-electron chi connectivity index (χ2n) is 6.08. The van der Waals surface area contributed by atoms with Crippen LogP contribution in [0.2, 0.25) is 15.1 Å². The number of rotatable bonds is 7. The molecule has 0 spiro atoms. The van der Waals surface area contributed by atoms with Gasteiger partial charge in [0.05, 0.1) is 10.8 Å². The highest BCUT2D eigenvalue weighted by molar-refractivity contribution is 7.99. The van der Waals surface area contributed by atoms with E-state index in [0.717, 1.165) is 5.56 Å². The van der Waals surface area contributed by atoms with Crippen LogP contribution in [0.15, 0.2) is 54.2 Å². The fourth-order valence-corrected chi connectivity index (χ4v) is 4.03. The lowest BCUT2D eigenvalue weighted by Crippen LogP contribution is -2.15. The van der Waals surface area contributed by atoms with Crippen molar-refractivity contribution in [3.05, 3.63) is 69.7 Å². The molecule has 0 aliphatic rings. The predicted molar refractivity (Wildman–Crippen MR) is 121 cm³/mol. The summed E-state index contributed by atoms with van der Waals surface area (Å²) in [6.07, 6.45) is 1.73. The molecule has 3 rings (SSSR count). The number of aromatic nitrogens is 3. The Hall–Kier alpha value is -1.99. The van der Waals surface area contributed by atoms with E-state index in [1.807, 2.05) is 17.6 Å². The van der Waals surface area contributed by atoms with Gasteiger partial charge in [0.25, 0.3) is 0 Å². The maximum absolute atomic E-state index is 12.4. The van der Waals surface area contributed by atoms with Gasteiger partial charge in [-0.2, -0.15) is 0 Å². The normalized spacial score (nSPS) is 10.8. The maximum Gasteiger partial charge on any atom is 0.234 e. The minimum Gasteiger partial charge on any atom is -0.325 e. The quantitative estimate of drug-likeness (QED) is 0.335. The molecule has 0 bridgehead atoms. The van der Waals surface area contributed by atoms with Crippen molar-refractivity contribution in [2.75, 3.05) is 11.1 Å². The van der Waals surface area contributed by atoms with Crippen molar-refractivity contribution < 1.29 is 4.79 Å². The highest BCUT2D eigenvalue weighted by Crippen LogP contribution is 2.31. The summed E-state index contributed by atoms with van der Waals surface area (Å²) in [4.78, 5) is 12.4. The summed E-state index contributed by atoms with van der Waals surface area (Å²) < 4.78 is 1.85. The Kier molecular flexibility index (Phi) is 7.24. The van der Waals surface area contributed by atoms with Crippen LogP contribution in [0.1, 0.15) is 5.56 Å². The predicted octanol–water partition coefficient (Wildman–Crippen LogP) is 6.13. The van der Waals surface area contributed by atoms with Crippen LogP contribution in [0.25, 0.3) is 11.4 Å². The van der Waals surface area contributed by atoms with Crippen molar-refractivity contribution in [3.63, 3.8) is 0 Å². The van der Waals surface area contributed by atoms with Gasteiger partial charge in [-0.1, -0.05) is 58.7 Å². The minimum atomic E-state index is -0.167. The third kappa shape index (κ3) is 5.14. The summed E-state index contributed by atoms with van der Waals surface area (Å²) in [6, 6.07) is 10.6. The molecule has 29 heavy (non-hydrogen) atoms. The topological polar surface area (TPSA) is 59.8 Å². The Labute approximate surface area is 188 Å². The Bertz CT molecular complexity index is 1070. The van der Waals surface area contributed by atoms with Crippen LogP contribution in [0.3, 0.4) is 0 Å². The van der Waals surface area contributed by atoms with Crippen LogP contribution >= 0.6 is 46.6 Å². The Balaban J connectivity index is 1.77. The lowest BCUT2D eigenvalue weighted by Gasteiger charge is -2.10. The van der Waals surface area contributed by atoms with Crippen molar-refractivity contribution in [2.24, 2.45) is 0 Å². The van der Waals surface area contributed by atoms with E-state index in [4.69, 9.17) is 34.8 Å². The number of thioether (sulfide) groups is 1. The highest BCUT2D eigenvalue weighted by atomic mass is 35.5. The molecule has 1 aromatic heterocycles. The number of carbonyl (C=O) groups excluding carboxylic acids is 1. The summed E-state index contributed by atoms with van der Waals surface area (Å²) >= 11 is 19.7. The zero-order valence-corrected chi connectivity index (χ0v) is 18.5. The molecule has 0 fully saturated rings. The van der Waals surface area contributed by atoms with Crippen LogP contribution in [-0.4, -0.2) is 26.4 Å². The molecule has 1 N–H and O–H groups in total. The maximum atomic E-state index is 12.4. The summed E-state index contributed by atoms with van der Waals surface area (Å²) in [5.74, 6) is 0.579. The van der Waals surface area contributed by atoms with E-state index in [9.17, 15) is 4.79 Å². The minimum absolute atomic E-state index is 0.162. The Morgan fingerprint density at radius 2 is 2.00 bits per heavy atom. The van der Waals surface area contributed by atoms with Crippen LogP contribution in [0.4, 0.5) is 5.69 Å². The van der Waals surface area contributed by atoms with Gasteiger partial charge in [0.1, 0.15) is 0 Å². The lowest BCUT2D eigenvalue weighted by atomic mass is 10.2. The Morgan fingerprint density at radius 1 is 1.21 bits per heavy atom. The molecule has 0 saturated carbocycles. The van der Waals surface area contributed by atoms with Crippen LogP contribution in [0, 0.1) is 6.92 Å². The molecule has 0 aliphatic carbocycles. The van der Waals surface area contributed by atoms with Gasteiger partial charge in [-0.05, 0) is 42.8 Å². The van der Waals surface area contributed by atoms with Crippen molar-refractivity contribution in [2.45, 2.75) is 18.6 Å². The van der Waals surface area contributed by atoms with Gasteiger partial charge in [-0.3, -0.25) is 9.36 Å². The van der Waals surface area contributed by atoms with Crippen LogP contribution in [-0.2, 0) is 11.3 Å². The average Bonchev–Trinajstić information content (AvgIpc) is 3.07. The molecule has 2 aromatic carbocycles. The van der Waals surface area contributed by atoms with E-state index in [2.05, 4.69) is 22.1 Å². The second-order valence-corrected chi connectivity index (χ2v) is 8.27. The molecule has 3 aromatic rings. The number of nitrogens with zero attached hydrogens (tertiary/aromatic N) is 3. The molecule has 150 valence electrons. The third-order valence-corrected chi connectivity index (χ3v) is 6.00. The van der Waals surface area contributed by atoms with Gasteiger partial charge >= 0.3 is 0 Å². The van der Waals surface area contributed by atoms with E-state index < -0.39 is 0 Å². The molecular weight excluding hydrogens is 451 g/mol. The van der Waals surface area contributed by atoms with E-state index >= 15 is 0 Å². The number of hydrogen-bond acceptors (Lipinski definition) is 4. The smallest absolute Gasteiger partial charge is 0.234 e. The van der Waals surface area contributed by atoms with Crippen molar-refractivity contribution in [1.82, 2.24) is 14.8 Å². The van der Waals surface area contributed by atoms with E-state index in [1.54, 1.807) is 36.4 Å². The monoisotopic (exact) mass is 466 g/mol. The van der Waals surface area contributed by atoms with E-state index in [0.29, 0.717) is 43.8 Å². The summed E-state index contributed by atoms with van der Waals surface area (Å²) in [7, 11) is 0. The molecule has 0 saturated heterocycles. The molecular formula is C20H17Cl3N4OS. The first-order valence-electron chi connectivity index (χ1n) is 8.58. The molecule has 0 unspecified atom stereocenters. The molecule has 1 heterocycles. The first kappa shape index (κ1) is 21.7. The highest BCUT2D eigenvalue weighted by Gasteiger charge is 2.17. The van der Waals surface area contributed by atoms with Gasteiger partial charge in [0.15, 0.2) is 11.0 Å². The van der Waals surface area contributed by atoms with Crippen LogP contribution < -0.4 is 5.32 Å². The zero-order chi connectivity index (χ0) is 21.0. The fraction of sp³-hybridized carbons (Fsp3) is 0.150. The molecule has 1 amide bonds. The third-order valence-electron chi connectivity index (χ3n) is 4.07. The van der Waals surface area contributed by atoms with Crippen molar-refractivity contribution in [1.29, 1.82) is 0 Å². The lowest BCUT2D eigenvalue weighted by molar-refractivity contribution is -0.113. The van der Waals surface area contributed by atoms with Gasteiger partial charge in [-0.25, -0.2) is 0 Å². The summed E-state index contributed by atoms with van der Waals surface area (Å²) in [5, 5.41) is 13.5. The second kappa shape index (κ2) is 9.67. The van der Waals surface area contributed by atoms with Gasteiger partial charge < -0.3 is 5.32 Å². The number of amides is 1. The molecule has 5 nitrogen and oxygen atoms in total. The number of hydrogen-bond donors (Lipinski definition) is 1. The largest absolute Gasteiger partial charge is 0.325 e. The van der Waals surface area contributed by atoms with Gasteiger partial charge in [0.2, 0.25) is 5.91 Å². The number of anilines is 1. The zero-order valence-electron chi connectivity index (χ0n) is 15.5. The standard InChI is InChI=1S/C20H17Cl3N4OS/c1-3-9-27-19(14-8-7-13(21)10-16(14)23)25-26-20(27)29-11-18(28)24-17-6-4-5-15(22)12(17)2/h3-8,10H,1,9,11H2,2H3,(H,24,28). The van der Waals surface area contributed by atoms with Crippen molar-refractivity contribution in [3.8, 4) is 11.4 Å². The molecule has 0 aliphatic heterocycles. The average molecular weight is 468 g/mol. The Morgan fingerprint density at radius 3 is 2.72 bits per heavy atom. The first-order valence-corrected chi connectivity index (χ1v) is 10.7. The number of benzene rings is 2. The first-order chi connectivity index (χ1) is 13.9. The molecule has 0 atom stereocenters. The number of nitrogens with one attached hydrogen (secondary N) is 1. The van der Waals surface area contributed by atoms with E-state index in [-0.39, 0.29) is 11.7 Å². The van der Waals surface area contributed by atoms with Crippen molar-refractivity contribution >= 4 is 58.2 Å². The SMILES string of the molecule is C=CCn1c(SCC(=O)Nc2cccc(Cl)c2C)nnc1-c1ccc(Cl)cc1Cl. The number of carbonyl (C=O) groups is 1. The molecule has 9 heteroatoms. The van der Waals surface area contributed by atoms with Crippen LogP contribution in [0.5, 0.6) is 0 Å². The molecule has 0 radical (unpaired) electrons. The van der Waals surface area contributed by atoms with Gasteiger partial charge in [0, 0.05) is 27.8 Å².